The van der Waals surface area contributed by atoms with Crippen LogP contribution in [-0.2, 0) is 6.61 Å². The maximum atomic E-state index is 9.79. The Labute approximate surface area is 146 Å². The van der Waals surface area contributed by atoms with Gasteiger partial charge in [0.25, 0.3) is 0 Å². The summed E-state index contributed by atoms with van der Waals surface area (Å²) in [6, 6.07) is 20.5. The Morgan fingerprint density at radius 3 is 2.48 bits per heavy atom. The number of fused-ring (bicyclic) bond motifs is 3. The van der Waals surface area contributed by atoms with Gasteiger partial charge in [0.15, 0.2) is 0 Å². The molecule has 4 aromatic rings. The average Bonchev–Trinajstić information content (AvgIpc) is 2.97. The molecule has 0 amide bonds. The number of hydrogen-bond donors (Lipinski definition) is 2. The molecule has 2 N–H and O–H groups in total. The van der Waals surface area contributed by atoms with Crippen LogP contribution in [0.5, 0.6) is 5.75 Å². The molecule has 1 heterocycles. The Balaban J connectivity index is 1.72. The van der Waals surface area contributed by atoms with E-state index in [9.17, 15) is 5.11 Å². The largest absolute Gasteiger partial charge is 0.489 e. The third kappa shape index (κ3) is 2.99. The number of aliphatic hydroxyl groups excluding tert-OH is 1. The Morgan fingerprint density at radius 2 is 1.72 bits per heavy atom. The van der Waals surface area contributed by atoms with Crippen LogP contribution in [0.15, 0.2) is 60.7 Å². The fourth-order valence-electron chi connectivity index (χ4n) is 3.21. The molecule has 3 aromatic carbocycles. The zero-order chi connectivity index (χ0) is 17.4. The molecule has 0 saturated heterocycles. The predicted octanol–water partition coefficient (Wildman–Crippen LogP) is 5.26. The van der Waals surface area contributed by atoms with E-state index in [1.807, 2.05) is 30.3 Å². The Bertz CT molecular complexity index is 1030. The first-order valence-electron chi connectivity index (χ1n) is 8.52. The van der Waals surface area contributed by atoms with Crippen LogP contribution in [-0.4, -0.2) is 10.1 Å². The SMILES string of the molecule is Cc1cc2c(cc1OCc1ccccc1)[nH]c1cc(C(C)O)ccc12. The first kappa shape index (κ1) is 15.7. The first-order valence-corrected chi connectivity index (χ1v) is 8.52. The van der Waals surface area contributed by atoms with Crippen LogP contribution in [0.1, 0.15) is 29.7 Å². The molecule has 0 spiro atoms. The fourth-order valence-corrected chi connectivity index (χ4v) is 3.21. The second kappa shape index (κ2) is 6.26. The molecule has 126 valence electrons. The molecule has 0 aliphatic carbocycles. The molecule has 0 bridgehead atoms. The maximum Gasteiger partial charge on any atom is 0.124 e. The van der Waals surface area contributed by atoms with E-state index in [-0.39, 0.29) is 0 Å². The minimum Gasteiger partial charge on any atom is -0.489 e. The quantitative estimate of drug-likeness (QED) is 0.535. The summed E-state index contributed by atoms with van der Waals surface area (Å²) in [6.07, 6.45) is -0.470. The van der Waals surface area contributed by atoms with Gasteiger partial charge in [-0.25, -0.2) is 0 Å². The van der Waals surface area contributed by atoms with Gasteiger partial charge in [-0.15, -0.1) is 0 Å². The minimum atomic E-state index is -0.470. The topological polar surface area (TPSA) is 45.2 Å². The van der Waals surface area contributed by atoms with E-state index in [1.54, 1.807) is 6.92 Å². The lowest BCUT2D eigenvalue weighted by atomic mass is 10.1. The smallest absolute Gasteiger partial charge is 0.124 e. The number of aromatic amines is 1. The van der Waals surface area contributed by atoms with E-state index < -0.39 is 6.10 Å². The molecule has 25 heavy (non-hydrogen) atoms. The summed E-state index contributed by atoms with van der Waals surface area (Å²) in [5.74, 6) is 0.888. The van der Waals surface area contributed by atoms with Crippen molar-refractivity contribution in [3.05, 3.63) is 77.4 Å². The highest BCUT2D eigenvalue weighted by molar-refractivity contribution is 6.08. The number of ether oxygens (including phenoxy) is 1. The van der Waals surface area contributed by atoms with E-state index >= 15 is 0 Å². The van der Waals surface area contributed by atoms with Crippen LogP contribution in [0.25, 0.3) is 21.8 Å². The Morgan fingerprint density at radius 1 is 0.960 bits per heavy atom. The van der Waals surface area contributed by atoms with Gasteiger partial charge in [-0.3, -0.25) is 0 Å². The van der Waals surface area contributed by atoms with Gasteiger partial charge in [0.1, 0.15) is 12.4 Å². The van der Waals surface area contributed by atoms with Crippen molar-refractivity contribution in [2.45, 2.75) is 26.6 Å². The van der Waals surface area contributed by atoms with Crippen LogP contribution in [0, 0.1) is 6.92 Å². The summed E-state index contributed by atoms with van der Waals surface area (Å²) in [5, 5.41) is 12.1. The molecule has 1 atom stereocenters. The van der Waals surface area contributed by atoms with Crippen LogP contribution >= 0.6 is 0 Å². The third-order valence-corrected chi connectivity index (χ3v) is 4.64. The molecule has 0 radical (unpaired) electrons. The highest BCUT2D eigenvalue weighted by Gasteiger charge is 2.10. The van der Waals surface area contributed by atoms with Crippen molar-refractivity contribution in [2.75, 3.05) is 0 Å². The standard InChI is InChI=1S/C22H21NO2/c1-14-10-19-18-9-8-17(15(2)24)11-20(18)23-21(19)12-22(14)25-13-16-6-4-3-5-7-16/h3-12,15,23-24H,13H2,1-2H3. The van der Waals surface area contributed by atoms with Gasteiger partial charge in [-0.1, -0.05) is 42.5 Å². The highest BCUT2D eigenvalue weighted by Crippen LogP contribution is 2.32. The van der Waals surface area contributed by atoms with E-state index in [1.165, 1.54) is 5.39 Å². The molecular weight excluding hydrogens is 310 g/mol. The number of benzene rings is 3. The van der Waals surface area contributed by atoms with Gasteiger partial charge in [0, 0.05) is 22.4 Å². The number of H-pyrrole nitrogens is 1. The lowest BCUT2D eigenvalue weighted by molar-refractivity contribution is 0.199. The van der Waals surface area contributed by atoms with Crippen molar-refractivity contribution in [2.24, 2.45) is 0 Å². The van der Waals surface area contributed by atoms with Crippen molar-refractivity contribution in [3.8, 4) is 5.75 Å². The van der Waals surface area contributed by atoms with Crippen molar-refractivity contribution in [3.63, 3.8) is 0 Å². The van der Waals surface area contributed by atoms with Gasteiger partial charge in [-0.05, 0) is 42.7 Å². The second-order valence-electron chi connectivity index (χ2n) is 6.54. The fraction of sp³-hybridized carbons (Fsp3) is 0.182. The number of nitrogens with one attached hydrogen (secondary N) is 1. The molecule has 3 nitrogen and oxygen atoms in total. The van der Waals surface area contributed by atoms with E-state index in [0.717, 1.165) is 38.9 Å². The lowest BCUT2D eigenvalue weighted by Gasteiger charge is -2.09. The summed E-state index contributed by atoms with van der Waals surface area (Å²) >= 11 is 0. The van der Waals surface area contributed by atoms with Crippen LogP contribution < -0.4 is 4.74 Å². The van der Waals surface area contributed by atoms with Crippen molar-refractivity contribution in [1.82, 2.24) is 4.98 Å². The van der Waals surface area contributed by atoms with E-state index in [0.29, 0.717) is 6.61 Å². The van der Waals surface area contributed by atoms with E-state index in [4.69, 9.17) is 4.74 Å². The van der Waals surface area contributed by atoms with Crippen molar-refractivity contribution < 1.29 is 9.84 Å². The molecule has 1 unspecified atom stereocenters. The Hall–Kier alpha value is -2.78. The maximum absolute atomic E-state index is 9.79. The molecule has 0 saturated carbocycles. The van der Waals surface area contributed by atoms with Gasteiger partial charge in [0.05, 0.1) is 11.6 Å². The first-order chi connectivity index (χ1) is 12.1. The summed E-state index contributed by atoms with van der Waals surface area (Å²) in [6.45, 7) is 4.41. The third-order valence-electron chi connectivity index (χ3n) is 4.64. The molecule has 0 fully saturated rings. The minimum absolute atomic E-state index is 0.470. The van der Waals surface area contributed by atoms with E-state index in [2.05, 4.69) is 42.2 Å². The molecular formula is C22H21NO2. The molecule has 0 aliphatic heterocycles. The molecule has 3 heteroatoms. The summed E-state index contributed by atoms with van der Waals surface area (Å²) in [4.78, 5) is 3.45. The van der Waals surface area contributed by atoms with Gasteiger partial charge in [0.2, 0.25) is 0 Å². The number of hydrogen-bond acceptors (Lipinski definition) is 2. The molecule has 1 aromatic heterocycles. The normalized spacial score (nSPS) is 12.6. The Kier molecular flexibility index (Phi) is 3.94. The van der Waals surface area contributed by atoms with Gasteiger partial charge >= 0.3 is 0 Å². The van der Waals surface area contributed by atoms with Gasteiger partial charge < -0.3 is 14.8 Å². The van der Waals surface area contributed by atoms with Crippen LogP contribution in [0.4, 0.5) is 0 Å². The predicted molar refractivity (Wildman–Crippen MR) is 102 cm³/mol. The molecule has 0 aliphatic rings. The molecule has 4 rings (SSSR count). The highest BCUT2D eigenvalue weighted by atomic mass is 16.5. The summed E-state index contributed by atoms with van der Waals surface area (Å²) in [7, 11) is 0. The number of rotatable bonds is 4. The number of aromatic nitrogens is 1. The zero-order valence-electron chi connectivity index (χ0n) is 14.4. The second-order valence-corrected chi connectivity index (χ2v) is 6.54. The van der Waals surface area contributed by atoms with Crippen molar-refractivity contribution in [1.29, 1.82) is 0 Å². The van der Waals surface area contributed by atoms with Crippen LogP contribution in [0.2, 0.25) is 0 Å². The average molecular weight is 331 g/mol. The summed E-state index contributed by atoms with van der Waals surface area (Å²) in [5.41, 5.74) is 5.26. The van der Waals surface area contributed by atoms with Crippen LogP contribution in [0.3, 0.4) is 0 Å². The number of aryl methyl sites for hydroxylation is 1. The lowest BCUT2D eigenvalue weighted by Crippen LogP contribution is -1.96. The summed E-state index contributed by atoms with van der Waals surface area (Å²) < 4.78 is 6.03. The number of aliphatic hydroxyl groups is 1. The van der Waals surface area contributed by atoms with Crippen molar-refractivity contribution >= 4 is 21.8 Å². The monoisotopic (exact) mass is 331 g/mol. The zero-order valence-corrected chi connectivity index (χ0v) is 14.4. The van der Waals surface area contributed by atoms with Gasteiger partial charge in [-0.2, -0.15) is 0 Å².